The lowest BCUT2D eigenvalue weighted by atomic mass is 9.97. The normalized spacial score (nSPS) is 13.2. The molecule has 3 aromatic heterocycles. The van der Waals surface area contributed by atoms with Crippen LogP contribution in [0.2, 0.25) is 0 Å². The Bertz CT molecular complexity index is 3440. The maximum Gasteiger partial charge on any atom is 0.407 e. The van der Waals surface area contributed by atoms with Crippen molar-refractivity contribution in [2.45, 2.75) is 158 Å². The number of nitrogens with one attached hydrogen (secondary N) is 3. The van der Waals surface area contributed by atoms with E-state index in [-0.39, 0.29) is 82.6 Å². The Morgan fingerprint density at radius 1 is 0.500 bits per heavy atom. The number of pyridine rings is 1. The molecule has 3 aromatic carbocycles. The number of ether oxygens (including phenoxy) is 9. The van der Waals surface area contributed by atoms with Gasteiger partial charge in [-0.05, 0) is 127 Å². The van der Waals surface area contributed by atoms with E-state index in [0.717, 1.165) is 0 Å². The average molecular weight is 1140 g/mol. The van der Waals surface area contributed by atoms with E-state index in [0.29, 0.717) is 38.2 Å². The molecule has 0 aliphatic heterocycles. The fourth-order valence-corrected chi connectivity index (χ4v) is 8.94. The molecule has 0 saturated heterocycles. The van der Waals surface area contributed by atoms with Gasteiger partial charge in [-0.3, -0.25) is 14.4 Å². The molecule has 3 heterocycles. The van der Waals surface area contributed by atoms with E-state index >= 15 is 0 Å². The van der Waals surface area contributed by atoms with Crippen molar-refractivity contribution in [1.82, 2.24) is 20.4 Å². The first-order chi connectivity index (χ1) is 38.2. The number of benzene rings is 3. The van der Waals surface area contributed by atoms with Crippen LogP contribution in [0.25, 0.3) is 49.3 Å². The van der Waals surface area contributed by atoms with Gasteiger partial charge >= 0.3 is 41.8 Å². The monoisotopic (exact) mass is 1140 g/mol. The predicted molar refractivity (Wildman–Crippen MR) is 308 cm³/mol. The van der Waals surface area contributed by atoms with E-state index < -0.39 is 76.7 Å². The van der Waals surface area contributed by atoms with Crippen molar-refractivity contribution in [1.29, 1.82) is 0 Å². The average Bonchev–Trinajstić information content (AvgIpc) is 1.83. The summed E-state index contributed by atoms with van der Waals surface area (Å²) in [7, 11) is 4.21. The molecule has 0 fully saturated rings. The minimum absolute atomic E-state index is 0.0136. The van der Waals surface area contributed by atoms with E-state index in [9.17, 15) is 33.6 Å². The Morgan fingerprint density at radius 3 is 1.32 bits per heavy atom. The van der Waals surface area contributed by atoms with Crippen LogP contribution in [0.1, 0.15) is 123 Å². The van der Waals surface area contributed by atoms with Crippen LogP contribution in [-0.4, -0.2) is 96.8 Å². The van der Waals surface area contributed by atoms with Crippen LogP contribution in [0.3, 0.4) is 0 Å². The highest BCUT2D eigenvalue weighted by atomic mass is 16.6. The van der Waals surface area contributed by atoms with Crippen molar-refractivity contribution in [2.75, 3.05) is 21.3 Å². The standard InChI is InChI=1S/C61H78N4O17/c1-31(2)38(62-56(70)80-59(7,8)9)27-48(66)76-41-20-19-35(24-43(41)73-16)51-52-37-26-45(75-18)47(78-50(68)29-40(33(5)6)64-58(72)82-61(13,14)15)30-42(37)79-55(69)54(52)65-22-21-34-23-46(44(74-17)25-36(34)53(51)65)77-49(67)28-39(32(3)4)63-57(71)81-60(10,11)12/h19-26,30-33,38-40H,27-29H2,1-18H3,(H,62,70)(H,63,71)(H,64,72)/t38-,39-,40-/m0/s1. The number of hydrogen-bond donors (Lipinski definition) is 3. The number of carbonyl (C=O) groups excluding carboxylic acids is 6. The molecule has 3 N–H and O–H groups in total. The Balaban J connectivity index is 1.51. The van der Waals surface area contributed by atoms with Crippen LogP contribution in [0.5, 0.6) is 34.5 Å². The summed E-state index contributed by atoms with van der Waals surface area (Å²) < 4.78 is 59.4. The van der Waals surface area contributed by atoms with Gasteiger partial charge in [0.25, 0.3) is 0 Å². The van der Waals surface area contributed by atoms with Crippen molar-refractivity contribution in [2.24, 2.45) is 17.8 Å². The van der Waals surface area contributed by atoms with Crippen LogP contribution in [-0.2, 0) is 28.6 Å². The predicted octanol–water partition coefficient (Wildman–Crippen LogP) is 11.6. The highest BCUT2D eigenvalue weighted by Gasteiger charge is 2.31. The molecule has 0 radical (unpaired) electrons. The lowest BCUT2D eigenvalue weighted by Crippen LogP contribution is -2.43. The molecule has 21 heteroatoms. The zero-order valence-electron chi connectivity index (χ0n) is 50.2. The maximum atomic E-state index is 14.6. The second-order valence-corrected chi connectivity index (χ2v) is 24.0. The lowest BCUT2D eigenvalue weighted by molar-refractivity contribution is -0.136. The number of fused-ring (bicyclic) bond motifs is 7. The summed E-state index contributed by atoms with van der Waals surface area (Å²) in [6.07, 6.45) is -1.03. The quantitative estimate of drug-likeness (QED) is 0.0295. The molecule has 3 amide bonds. The molecule has 0 unspecified atom stereocenters. The Hall–Kier alpha value is -8.23. The Morgan fingerprint density at radius 2 is 0.902 bits per heavy atom. The minimum Gasteiger partial charge on any atom is -0.493 e. The van der Waals surface area contributed by atoms with E-state index in [1.807, 2.05) is 41.5 Å². The molecule has 6 aromatic rings. The van der Waals surface area contributed by atoms with Crippen molar-refractivity contribution < 1.29 is 75.8 Å². The summed E-state index contributed by atoms with van der Waals surface area (Å²) in [5, 5.41) is 10.1. The summed E-state index contributed by atoms with van der Waals surface area (Å²) in [5.74, 6) is -2.16. The minimum atomic E-state index is -0.776. The van der Waals surface area contributed by atoms with Gasteiger partial charge < -0.3 is 67.4 Å². The Kier molecular flexibility index (Phi) is 19.4. The van der Waals surface area contributed by atoms with Gasteiger partial charge in [0.05, 0.1) is 46.1 Å². The molecule has 3 atom stereocenters. The molecule has 0 bridgehead atoms. The number of alkyl carbamates (subject to hydrolysis) is 3. The smallest absolute Gasteiger partial charge is 0.407 e. The summed E-state index contributed by atoms with van der Waals surface area (Å²) in [5.41, 5.74) is -1.60. The first-order valence-corrected chi connectivity index (χ1v) is 27.1. The van der Waals surface area contributed by atoms with Crippen LogP contribution >= 0.6 is 0 Å². The number of nitrogens with zero attached hydrogens (tertiary/aromatic N) is 1. The molecule has 444 valence electrons. The summed E-state index contributed by atoms with van der Waals surface area (Å²) in [6.45, 7) is 26.7. The molecular formula is C61H78N4O17. The zero-order chi connectivity index (χ0) is 60.9. The summed E-state index contributed by atoms with van der Waals surface area (Å²) in [4.78, 5) is 93.9. The lowest BCUT2D eigenvalue weighted by Gasteiger charge is -2.25. The van der Waals surface area contributed by atoms with Crippen molar-refractivity contribution in [3.63, 3.8) is 0 Å². The van der Waals surface area contributed by atoms with Crippen LogP contribution in [0.15, 0.2) is 63.9 Å². The second kappa shape index (κ2) is 25.3. The van der Waals surface area contributed by atoms with Gasteiger partial charge in [-0.15, -0.1) is 0 Å². The summed E-state index contributed by atoms with van der Waals surface area (Å²) in [6, 6.07) is 10.9. The van der Waals surface area contributed by atoms with E-state index in [2.05, 4.69) is 16.0 Å². The highest BCUT2D eigenvalue weighted by molar-refractivity contribution is 6.22. The molecule has 0 aliphatic carbocycles. The zero-order valence-corrected chi connectivity index (χ0v) is 50.2. The topological polar surface area (TPSA) is 256 Å². The number of carbonyl (C=O) groups is 6. The first kappa shape index (κ1) is 63.0. The molecule has 0 aliphatic rings. The van der Waals surface area contributed by atoms with Gasteiger partial charge in [-0.25, -0.2) is 19.2 Å². The third-order valence-corrected chi connectivity index (χ3v) is 12.9. The molecular weight excluding hydrogens is 1060 g/mol. The molecule has 6 rings (SSSR count). The number of amides is 3. The van der Waals surface area contributed by atoms with Gasteiger partial charge in [0.1, 0.15) is 27.9 Å². The van der Waals surface area contributed by atoms with Gasteiger partial charge in [0, 0.05) is 52.1 Å². The number of hydrogen-bond acceptors (Lipinski definition) is 17. The second-order valence-electron chi connectivity index (χ2n) is 24.0. The van der Waals surface area contributed by atoms with Crippen molar-refractivity contribution in [3.8, 4) is 45.6 Å². The third-order valence-electron chi connectivity index (χ3n) is 12.9. The van der Waals surface area contributed by atoms with Gasteiger partial charge in [-0.2, -0.15) is 0 Å². The Labute approximate surface area is 476 Å². The molecule has 0 spiro atoms. The van der Waals surface area contributed by atoms with Crippen molar-refractivity contribution in [3.05, 3.63) is 65.1 Å². The molecule has 0 saturated carbocycles. The number of rotatable bonds is 19. The van der Waals surface area contributed by atoms with E-state index in [1.54, 1.807) is 115 Å². The number of esters is 3. The van der Waals surface area contributed by atoms with E-state index in [4.69, 9.17) is 47.0 Å². The van der Waals surface area contributed by atoms with E-state index in [1.165, 1.54) is 27.4 Å². The fraction of sp³-hybridized carbons (Fsp3) is 0.492. The van der Waals surface area contributed by atoms with Crippen LogP contribution < -0.4 is 50.0 Å². The fourth-order valence-electron chi connectivity index (χ4n) is 8.94. The highest BCUT2D eigenvalue weighted by Crippen LogP contribution is 2.47. The van der Waals surface area contributed by atoms with Crippen LogP contribution in [0, 0.1) is 17.8 Å². The largest absolute Gasteiger partial charge is 0.493 e. The summed E-state index contributed by atoms with van der Waals surface area (Å²) >= 11 is 0. The number of methoxy groups -OCH3 is 3. The molecule has 21 nitrogen and oxygen atoms in total. The van der Waals surface area contributed by atoms with Gasteiger partial charge in [0.15, 0.2) is 34.5 Å². The first-order valence-electron chi connectivity index (χ1n) is 27.1. The maximum absolute atomic E-state index is 14.6. The SMILES string of the molecule is COc1cc(-c2c3c4cc(OC)c(OC(=O)C[C@H](NC(=O)OC(C)(C)C)C(C)C)cc4oc(=O)c3n3ccc4cc(OC(=O)C[C@H](NC(=O)OC(C)(C)C)C(C)C)c(OC)cc4c23)ccc1OC(=O)C[C@H](NC(=O)OC(C)(C)C)C(C)C. The van der Waals surface area contributed by atoms with Crippen LogP contribution in [0.4, 0.5) is 14.4 Å². The van der Waals surface area contributed by atoms with Gasteiger partial charge in [0.2, 0.25) is 0 Å². The van der Waals surface area contributed by atoms with Gasteiger partial charge in [-0.1, -0.05) is 47.6 Å². The van der Waals surface area contributed by atoms with Crippen molar-refractivity contribution >= 4 is 74.3 Å². The third kappa shape index (κ3) is 15.8. The molecule has 82 heavy (non-hydrogen) atoms. The number of aromatic nitrogens is 1.